The predicted molar refractivity (Wildman–Crippen MR) is 125 cm³/mol. The van der Waals surface area contributed by atoms with Gasteiger partial charge in [-0.2, -0.15) is 0 Å². The van der Waals surface area contributed by atoms with E-state index in [1.807, 2.05) is 48.5 Å². The number of phenolic OH excluding ortho intramolecular Hbond substituents is 1. The predicted octanol–water partition coefficient (Wildman–Crippen LogP) is 3.98. The number of carbonyl (C=O) groups is 1. The zero-order valence-electron chi connectivity index (χ0n) is 18.0. The summed E-state index contributed by atoms with van der Waals surface area (Å²) in [6, 6.07) is 27.7. The first-order valence-corrected chi connectivity index (χ1v) is 10.7. The molecule has 0 heterocycles. The van der Waals surface area contributed by atoms with Gasteiger partial charge in [0.1, 0.15) is 5.75 Å². The van der Waals surface area contributed by atoms with Crippen molar-refractivity contribution in [1.29, 1.82) is 0 Å². The molecule has 3 rings (SSSR count). The molecule has 3 aromatic rings. The van der Waals surface area contributed by atoms with Gasteiger partial charge in [0.05, 0.1) is 0 Å². The van der Waals surface area contributed by atoms with E-state index in [-0.39, 0.29) is 17.8 Å². The fourth-order valence-corrected chi connectivity index (χ4v) is 3.53. The molecule has 0 saturated heterocycles. The van der Waals surface area contributed by atoms with Crippen LogP contribution in [0.15, 0.2) is 84.9 Å². The number of likely N-dealkylation sites (N-methyl/N-ethyl adjacent to an activating group) is 1. The average molecular weight is 418 g/mol. The van der Waals surface area contributed by atoms with Crippen LogP contribution in [0.5, 0.6) is 5.75 Å². The Morgan fingerprint density at radius 3 is 2.10 bits per heavy atom. The van der Waals surface area contributed by atoms with E-state index < -0.39 is 0 Å². The quantitative estimate of drug-likeness (QED) is 0.468. The number of nitrogens with zero attached hydrogens (tertiary/aromatic N) is 1. The summed E-state index contributed by atoms with van der Waals surface area (Å²) in [5.41, 5.74) is 3.55. The molecular weight excluding hydrogens is 386 g/mol. The SMILES string of the molecule is CN(Cc1ccccc1)[C@H](CNC(=O)NCCc1ccccc1)Cc1ccc(O)cc1. The van der Waals surface area contributed by atoms with Crippen LogP contribution in [0, 0.1) is 0 Å². The lowest BCUT2D eigenvalue weighted by Crippen LogP contribution is -2.46. The van der Waals surface area contributed by atoms with Gasteiger partial charge < -0.3 is 15.7 Å². The summed E-state index contributed by atoms with van der Waals surface area (Å²) in [5.74, 6) is 0.258. The number of hydrogen-bond donors (Lipinski definition) is 3. The molecule has 0 aliphatic heterocycles. The van der Waals surface area contributed by atoms with Gasteiger partial charge in [0, 0.05) is 25.7 Å². The van der Waals surface area contributed by atoms with Gasteiger partial charge in [0.2, 0.25) is 0 Å². The summed E-state index contributed by atoms with van der Waals surface area (Å²) in [7, 11) is 2.08. The number of hydrogen-bond acceptors (Lipinski definition) is 3. The van der Waals surface area contributed by atoms with Crippen LogP contribution >= 0.6 is 0 Å². The van der Waals surface area contributed by atoms with E-state index in [1.54, 1.807) is 12.1 Å². The summed E-state index contributed by atoms with van der Waals surface area (Å²) in [6.45, 7) is 1.92. The van der Waals surface area contributed by atoms with Crippen molar-refractivity contribution in [1.82, 2.24) is 15.5 Å². The van der Waals surface area contributed by atoms with Gasteiger partial charge in [-0.05, 0) is 48.7 Å². The van der Waals surface area contributed by atoms with Crippen molar-refractivity contribution >= 4 is 6.03 Å². The normalized spacial score (nSPS) is 11.8. The fraction of sp³-hybridized carbons (Fsp3) is 0.269. The lowest BCUT2D eigenvalue weighted by molar-refractivity contribution is 0.214. The molecule has 31 heavy (non-hydrogen) atoms. The third kappa shape index (κ3) is 7.79. The van der Waals surface area contributed by atoms with Crippen LogP contribution in [0.2, 0.25) is 0 Å². The molecule has 1 atom stereocenters. The summed E-state index contributed by atoms with van der Waals surface area (Å²) in [5, 5.41) is 15.5. The smallest absolute Gasteiger partial charge is 0.314 e. The topological polar surface area (TPSA) is 64.6 Å². The molecule has 0 aliphatic carbocycles. The highest BCUT2D eigenvalue weighted by Gasteiger charge is 2.17. The Hall–Kier alpha value is -3.31. The largest absolute Gasteiger partial charge is 0.508 e. The third-order valence-corrected chi connectivity index (χ3v) is 5.35. The standard InChI is InChI=1S/C26H31N3O2/c1-29(20-23-10-6-3-7-11-23)24(18-22-12-14-25(30)15-13-22)19-28-26(31)27-17-16-21-8-4-2-5-9-21/h2-15,24,30H,16-20H2,1H3,(H2,27,28,31)/t24-/m0/s1. The van der Waals surface area contributed by atoms with Crippen molar-refractivity contribution in [3.8, 4) is 5.75 Å². The number of urea groups is 1. The Kier molecular flexibility index (Phi) is 8.49. The highest BCUT2D eigenvalue weighted by molar-refractivity contribution is 5.73. The Morgan fingerprint density at radius 1 is 0.839 bits per heavy atom. The van der Waals surface area contributed by atoms with E-state index in [0.29, 0.717) is 13.1 Å². The minimum Gasteiger partial charge on any atom is -0.508 e. The molecule has 0 bridgehead atoms. The molecule has 162 valence electrons. The first-order chi connectivity index (χ1) is 15.1. The maximum absolute atomic E-state index is 12.3. The third-order valence-electron chi connectivity index (χ3n) is 5.35. The van der Waals surface area contributed by atoms with Crippen LogP contribution in [-0.4, -0.2) is 42.2 Å². The van der Waals surface area contributed by atoms with E-state index in [0.717, 1.165) is 24.9 Å². The highest BCUT2D eigenvalue weighted by atomic mass is 16.3. The average Bonchev–Trinajstić information content (AvgIpc) is 2.79. The van der Waals surface area contributed by atoms with Gasteiger partial charge in [-0.15, -0.1) is 0 Å². The number of aromatic hydroxyl groups is 1. The summed E-state index contributed by atoms with van der Waals surface area (Å²) in [4.78, 5) is 14.6. The second-order valence-corrected chi connectivity index (χ2v) is 7.80. The number of carbonyl (C=O) groups excluding carboxylic acids is 1. The number of phenols is 1. The Balaban J connectivity index is 1.54. The van der Waals surface area contributed by atoms with Gasteiger partial charge in [0.15, 0.2) is 0 Å². The summed E-state index contributed by atoms with van der Waals surface area (Å²) >= 11 is 0. The van der Waals surface area contributed by atoms with E-state index in [4.69, 9.17) is 0 Å². The fourth-order valence-electron chi connectivity index (χ4n) is 3.53. The van der Waals surface area contributed by atoms with Gasteiger partial charge >= 0.3 is 6.03 Å². The van der Waals surface area contributed by atoms with Crippen molar-refractivity contribution in [3.05, 3.63) is 102 Å². The van der Waals surface area contributed by atoms with Crippen molar-refractivity contribution in [3.63, 3.8) is 0 Å². The molecular formula is C26H31N3O2. The van der Waals surface area contributed by atoms with Crippen LogP contribution in [-0.2, 0) is 19.4 Å². The van der Waals surface area contributed by atoms with Gasteiger partial charge in [-0.25, -0.2) is 4.79 Å². The van der Waals surface area contributed by atoms with Crippen LogP contribution in [0.4, 0.5) is 4.79 Å². The van der Waals surface area contributed by atoms with E-state index in [2.05, 4.69) is 46.8 Å². The maximum atomic E-state index is 12.3. The van der Waals surface area contributed by atoms with E-state index in [1.165, 1.54) is 11.1 Å². The molecule has 0 fully saturated rings. The molecule has 2 amide bonds. The lowest BCUT2D eigenvalue weighted by atomic mass is 10.0. The summed E-state index contributed by atoms with van der Waals surface area (Å²) < 4.78 is 0. The zero-order valence-corrected chi connectivity index (χ0v) is 18.0. The molecule has 5 nitrogen and oxygen atoms in total. The summed E-state index contributed by atoms with van der Waals surface area (Å²) in [6.07, 6.45) is 1.58. The van der Waals surface area contributed by atoms with Crippen LogP contribution in [0.1, 0.15) is 16.7 Å². The maximum Gasteiger partial charge on any atom is 0.314 e. The Bertz CT molecular complexity index is 914. The number of amides is 2. The Morgan fingerprint density at radius 2 is 1.45 bits per heavy atom. The molecule has 0 unspecified atom stereocenters. The second-order valence-electron chi connectivity index (χ2n) is 7.80. The zero-order chi connectivity index (χ0) is 21.9. The van der Waals surface area contributed by atoms with Gasteiger partial charge in [-0.1, -0.05) is 72.8 Å². The van der Waals surface area contributed by atoms with Crippen molar-refractivity contribution < 1.29 is 9.90 Å². The molecule has 0 aromatic heterocycles. The first-order valence-electron chi connectivity index (χ1n) is 10.7. The van der Waals surface area contributed by atoms with Crippen LogP contribution < -0.4 is 10.6 Å². The number of rotatable bonds is 10. The van der Waals surface area contributed by atoms with Gasteiger partial charge in [-0.3, -0.25) is 4.90 Å². The van der Waals surface area contributed by atoms with Crippen molar-refractivity contribution in [2.75, 3.05) is 20.1 Å². The van der Waals surface area contributed by atoms with Crippen molar-refractivity contribution in [2.45, 2.75) is 25.4 Å². The van der Waals surface area contributed by atoms with Crippen LogP contribution in [0.25, 0.3) is 0 Å². The monoisotopic (exact) mass is 417 g/mol. The van der Waals surface area contributed by atoms with Crippen LogP contribution in [0.3, 0.4) is 0 Å². The molecule has 3 N–H and O–H groups in total. The van der Waals surface area contributed by atoms with Gasteiger partial charge in [0.25, 0.3) is 0 Å². The minimum absolute atomic E-state index is 0.115. The molecule has 0 radical (unpaired) electrons. The Labute approximate surface area is 184 Å². The minimum atomic E-state index is -0.153. The lowest BCUT2D eigenvalue weighted by Gasteiger charge is -2.29. The highest BCUT2D eigenvalue weighted by Crippen LogP contribution is 2.14. The molecule has 0 saturated carbocycles. The molecule has 0 spiro atoms. The second kappa shape index (κ2) is 11.8. The first kappa shape index (κ1) is 22.4. The van der Waals surface area contributed by atoms with Crippen molar-refractivity contribution in [2.24, 2.45) is 0 Å². The van der Waals surface area contributed by atoms with E-state index >= 15 is 0 Å². The molecule has 0 aliphatic rings. The number of benzene rings is 3. The molecule has 5 heteroatoms. The van der Waals surface area contributed by atoms with E-state index in [9.17, 15) is 9.90 Å². The molecule has 3 aromatic carbocycles. The number of nitrogens with one attached hydrogen (secondary N) is 2.